The van der Waals surface area contributed by atoms with Crippen molar-refractivity contribution in [2.75, 3.05) is 0 Å². The number of nitrogens with one attached hydrogen (secondary N) is 1. The number of rotatable bonds is 6. The minimum absolute atomic E-state index is 0.121. The first kappa shape index (κ1) is 16.1. The maximum Gasteiger partial charge on any atom is 0.244 e. The molecule has 0 saturated heterocycles. The van der Waals surface area contributed by atoms with Crippen LogP contribution < -0.4 is 5.32 Å². The van der Waals surface area contributed by atoms with Crippen molar-refractivity contribution in [2.24, 2.45) is 0 Å². The second-order valence-electron chi connectivity index (χ2n) is 4.87. The smallest absolute Gasteiger partial charge is 0.244 e. The van der Waals surface area contributed by atoms with E-state index in [4.69, 9.17) is 0 Å². The second-order valence-corrected chi connectivity index (χ2v) is 7.63. The van der Waals surface area contributed by atoms with Crippen LogP contribution in [0.3, 0.4) is 0 Å². The third-order valence-corrected chi connectivity index (χ3v) is 5.76. The average molecular weight is 362 g/mol. The van der Waals surface area contributed by atoms with Gasteiger partial charge in [-0.1, -0.05) is 0 Å². The van der Waals surface area contributed by atoms with Crippen LogP contribution in [0.5, 0.6) is 0 Å². The van der Waals surface area contributed by atoms with Gasteiger partial charge in [-0.3, -0.25) is 4.79 Å². The average Bonchev–Trinajstić information content (AvgIpc) is 3.33. The Balaban J connectivity index is 1.54. The Morgan fingerprint density at radius 1 is 1.17 bits per heavy atom. The molecule has 3 aromatic heterocycles. The zero-order valence-corrected chi connectivity index (χ0v) is 14.6. The molecule has 6 heteroatoms. The molecule has 1 amide bonds. The fourth-order valence-electron chi connectivity index (χ4n) is 2.01. The molecular formula is C17H15NO2S3. The maximum absolute atomic E-state index is 11.8. The van der Waals surface area contributed by atoms with Crippen molar-refractivity contribution in [3.05, 3.63) is 72.7 Å². The Morgan fingerprint density at radius 3 is 2.74 bits per heavy atom. The summed E-state index contributed by atoms with van der Waals surface area (Å²) in [5.74, 6) is -0.121. The highest BCUT2D eigenvalue weighted by molar-refractivity contribution is 7.12. The van der Waals surface area contributed by atoms with Crippen LogP contribution in [0.2, 0.25) is 0 Å². The lowest BCUT2D eigenvalue weighted by molar-refractivity contribution is -0.116. The highest BCUT2D eigenvalue weighted by Gasteiger charge is 2.13. The van der Waals surface area contributed by atoms with E-state index in [0.29, 0.717) is 6.54 Å². The zero-order valence-electron chi connectivity index (χ0n) is 12.1. The Bertz CT molecular complexity index is 773. The van der Waals surface area contributed by atoms with Crippen LogP contribution in [0.25, 0.3) is 6.08 Å². The molecule has 0 fully saturated rings. The summed E-state index contributed by atoms with van der Waals surface area (Å²) in [6.07, 6.45) is 2.75. The van der Waals surface area contributed by atoms with Gasteiger partial charge in [0.05, 0.1) is 6.54 Å². The van der Waals surface area contributed by atoms with E-state index in [-0.39, 0.29) is 5.91 Å². The molecular weight excluding hydrogens is 346 g/mol. The van der Waals surface area contributed by atoms with Crippen LogP contribution in [-0.2, 0) is 11.3 Å². The summed E-state index contributed by atoms with van der Waals surface area (Å²) in [6.45, 7) is 0.466. The number of hydrogen-bond donors (Lipinski definition) is 2. The van der Waals surface area contributed by atoms with Gasteiger partial charge in [0.25, 0.3) is 0 Å². The molecule has 2 N–H and O–H groups in total. The summed E-state index contributed by atoms with van der Waals surface area (Å²) in [4.78, 5) is 13.7. The molecule has 0 aromatic carbocycles. The Kier molecular flexibility index (Phi) is 5.40. The fraction of sp³-hybridized carbons (Fsp3) is 0.118. The number of aliphatic hydroxyl groups excluding tert-OH is 1. The van der Waals surface area contributed by atoms with Crippen LogP contribution in [-0.4, -0.2) is 11.0 Å². The molecule has 0 saturated carbocycles. The molecule has 0 spiro atoms. The lowest BCUT2D eigenvalue weighted by Crippen LogP contribution is -2.19. The lowest BCUT2D eigenvalue weighted by Gasteiger charge is -2.05. The van der Waals surface area contributed by atoms with Crippen molar-refractivity contribution in [3.8, 4) is 0 Å². The molecule has 3 heterocycles. The van der Waals surface area contributed by atoms with Gasteiger partial charge in [0.1, 0.15) is 6.10 Å². The lowest BCUT2D eigenvalue weighted by atomic mass is 10.2. The summed E-state index contributed by atoms with van der Waals surface area (Å²) < 4.78 is 0. The molecule has 0 aliphatic carbocycles. The molecule has 1 unspecified atom stereocenters. The number of thiophene rings is 3. The van der Waals surface area contributed by atoms with Crippen molar-refractivity contribution in [2.45, 2.75) is 12.6 Å². The van der Waals surface area contributed by atoms with Crippen LogP contribution in [0.15, 0.2) is 51.9 Å². The molecule has 3 rings (SSSR count). The van der Waals surface area contributed by atoms with Gasteiger partial charge in [-0.25, -0.2) is 0 Å². The largest absolute Gasteiger partial charge is 0.383 e. The van der Waals surface area contributed by atoms with Gasteiger partial charge < -0.3 is 10.4 Å². The quantitative estimate of drug-likeness (QED) is 0.644. The maximum atomic E-state index is 11.8. The van der Waals surface area contributed by atoms with Gasteiger partial charge in [-0.15, -0.1) is 11.3 Å². The van der Waals surface area contributed by atoms with Crippen molar-refractivity contribution < 1.29 is 9.90 Å². The van der Waals surface area contributed by atoms with Gasteiger partial charge in [0.2, 0.25) is 5.91 Å². The topological polar surface area (TPSA) is 49.3 Å². The van der Waals surface area contributed by atoms with Crippen molar-refractivity contribution in [1.29, 1.82) is 0 Å². The number of carbonyl (C=O) groups excluding carboxylic acids is 1. The first-order valence-corrected chi connectivity index (χ1v) is 9.69. The molecule has 0 radical (unpaired) electrons. The van der Waals surface area contributed by atoms with E-state index >= 15 is 0 Å². The fourth-order valence-corrected chi connectivity index (χ4v) is 4.28. The number of carbonyl (C=O) groups is 1. The summed E-state index contributed by atoms with van der Waals surface area (Å²) in [7, 11) is 0. The van der Waals surface area contributed by atoms with Gasteiger partial charge >= 0.3 is 0 Å². The molecule has 3 aromatic rings. The monoisotopic (exact) mass is 361 g/mol. The number of aliphatic hydroxyl groups is 1. The molecule has 1 atom stereocenters. The van der Waals surface area contributed by atoms with Gasteiger partial charge in [-0.05, 0) is 63.0 Å². The van der Waals surface area contributed by atoms with Crippen molar-refractivity contribution >= 4 is 46.0 Å². The van der Waals surface area contributed by atoms with Crippen LogP contribution in [0, 0.1) is 0 Å². The predicted molar refractivity (Wildman–Crippen MR) is 97.9 cm³/mol. The molecule has 0 bridgehead atoms. The van der Waals surface area contributed by atoms with E-state index in [9.17, 15) is 9.90 Å². The van der Waals surface area contributed by atoms with E-state index in [1.54, 1.807) is 28.7 Å². The highest BCUT2D eigenvalue weighted by Crippen LogP contribution is 2.29. The van der Waals surface area contributed by atoms with E-state index in [1.807, 2.05) is 45.8 Å². The Labute approximate surface area is 146 Å². The molecule has 0 aliphatic heterocycles. The number of amides is 1. The second kappa shape index (κ2) is 7.70. The van der Waals surface area contributed by atoms with Gasteiger partial charge in [0.15, 0.2) is 0 Å². The summed E-state index contributed by atoms with van der Waals surface area (Å²) in [6, 6.07) is 7.74. The van der Waals surface area contributed by atoms with Crippen molar-refractivity contribution in [3.63, 3.8) is 0 Å². The van der Waals surface area contributed by atoms with E-state index in [1.165, 1.54) is 17.4 Å². The Morgan fingerprint density at radius 2 is 2.00 bits per heavy atom. The summed E-state index contributed by atoms with van der Waals surface area (Å²) in [5, 5.41) is 21.0. The minimum Gasteiger partial charge on any atom is -0.383 e. The first-order chi connectivity index (χ1) is 11.2. The predicted octanol–water partition coefficient (Wildman–Crippen LogP) is 4.28. The zero-order chi connectivity index (χ0) is 16.1. The minimum atomic E-state index is -0.589. The summed E-state index contributed by atoms with van der Waals surface area (Å²) >= 11 is 4.68. The molecule has 118 valence electrons. The normalized spacial score (nSPS) is 12.6. The van der Waals surface area contributed by atoms with Crippen LogP contribution >= 0.6 is 34.0 Å². The van der Waals surface area contributed by atoms with Crippen LogP contribution in [0.4, 0.5) is 0 Å². The standard InChI is InChI=1S/C17H15NO2S3/c19-16(4-1-12-5-7-21-10-12)18-9-14-2-3-15(23-14)17(20)13-6-8-22-11-13/h1-8,10-11,17,20H,9H2,(H,18,19)/b4-1+. The van der Waals surface area contributed by atoms with E-state index in [2.05, 4.69) is 5.32 Å². The third-order valence-electron chi connectivity index (χ3n) is 3.22. The third kappa shape index (κ3) is 4.39. The van der Waals surface area contributed by atoms with E-state index < -0.39 is 6.10 Å². The highest BCUT2D eigenvalue weighted by atomic mass is 32.1. The molecule has 0 aliphatic rings. The Hall–Kier alpha value is -1.73. The van der Waals surface area contributed by atoms with Crippen LogP contribution in [0.1, 0.15) is 27.0 Å². The van der Waals surface area contributed by atoms with Gasteiger partial charge in [-0.2, -0.15) is 22.7 Å². The molecule has 23 heavy (non-hydrogen) atoms. The number of hydrogen-bond acceptors (Lipinski definition) is 5. The van der Waals surface area contributed by atoms with Crippen molar-refractivity contribution in [1.82, 2.24) is 5.32 Å². The first-order valence-electron chi connectivity index (χ1n) is 6.99. The summed E-state index contributed by atoms with van der Waals surface area (Å²) in [5.41, 5.74) is 1.94. The SMILES string of the molecule is O=C(/C=C/c1ccsc1)NCc1ccc(C(O)c2ccsc2)s1. The van der Waals surface area contributed by atoms with E-state index in [0.717, 1.165) is 20.9 Å². The van der Waals surface area contributed by atoms with Gasteiger partial charge in [0, 0.05) is 15.8 Å². The molecule has 3 nitrogen and oxygen atoms in total.